The molecule has 7 nitrogen and oxygen atoms in total. The van der Waals surface area contributed by atoms with Crippen LogP contribution in [0.3, 0.4) is 0 Å². The number of hydrogen-bond acceptors (Lipinski definition) is 6. The minimum absolute atomic E-state index is 0.124. The van der Waals surface area contributed by atoms with Gasteiger partial charge in [0.15, 0.2) is 0 Å². The van der Waals surface area contributed by atoms with E-state index in [1.54, 1.807) is 4.90 Å². The van der Waals surface area contributed by atoms with E-state index in [-0.39, 0.29) is 17.2 Å². The molecule has 1 aliphatic heterocycles. The lowest BCUT2D eigenvalue weighted by atomic mass is 10.1. The number of alkyl halides is 2. The third kappa shape index (κ3) is 4.56. The number of rotatable bonds is 5. The van der Waals surface area contributed by atoms with Crippen molar-refractivity contribution in [2.75, 3.05) is 31.6 Å². The molecule has 2 amide bonds. The molecule has 0 spiro atoms. The van der Waals surface area contributed by atoms with Gasteiger partial charge in [0.25, 0.3) is 11.8 Å². The normalized spacial score (nSPS) is 14.1. The van der Waals surface area contributed by atoms with E-state index in [1.807, 2.05) is 19.9 Å². The van der Waals surface area contributed by atoms with Crippen LogP contribution in [0.4, 0.5) is 14.5 Å². The number of pyridine rings is 1. The van der Waals surface area contributed by atoms with Gasteiger partial charge in [-0.15, -0.1) is 11.3 Å². The Balaban J connectivity index is 1.73. The Hall–Kier alpha value is -3.11. The van der Waals surface area contributed by atoms with Crippen molar-refractivity contribution in [3.05, 3.63) is 52.0 Å². The number of aryl methyl sites for hydroxylation is 2. The number of amides is 2. The van der Waals surface area contributed by atoms with Crippen molar-refractivity contribution in [3.63, 3.8) is 0 Å². The van der Waals surface area contributed by atoms with Crippen LogP contribution in [-0.4, -0.2) is 54.6 Å². The fourth-order valence-electron chi connectivity index (χ4n) is 3.62. The molecule has 1 aliphatic rings. The SMILES string of the molecule is Cc1cc(C)c2c(NC(=O)c3cccc(OC(F)F)c3)c(C(=O)N3CCOCC3)sc2n1. The molecular formula is C22H21F2N3O4S. The molecule has 0 unspecified atom stereocenters. The van der Waals surface area contributed by atoms with Gasteiger partial charge in [-0.05, 0) is 43.7 Å². The molecule has 168 valence electrons. The first-order chi connectivity index (χ1) is 15.3. The summed E-state index contributed by atoms with van der Waals surface area (Å²) in [7, 11) is 0. The van der Waals surface area contributed by atoms with Gasteiger partial charge >= 0.3 is 6.61 Å². The fourth-order valence-corrected chi connectivity index (χ4v) is 4.84. The first-order valence-corrected chi connectivity index (χ1v) is 10.8. The van der Waals surface area contributed by atoms with Gasteiger partial charge in [0, 0.05) is 29.7 Å². The maximum absolute atomic E-state index is 13.3. The summed E-state index contributed by atoms with van der Waals surface area (Å²) in [5.41, 5.74) is 2.17. The van der Waals surface area contributed by atoms with Crippen LogP contribution in [0.25, 0.3) is 10.2 Å². The van der Waals surface area contributed by atoms with E-state index in [4.69, 9.17) is 4.74 Å². The summed E-state index contributed by atoms with van der Waals surface area (Å²) in [6.07, 6.45) is 0. The maximum atomic E-state index is 13.3. The molecule has 3 aromatic rings. The lowest BCUT2D eigenvalue weighted by Gasteiger charge is -2.26. The van der Waals surface area contributed by atoms with Crippen molar-refractivity contribution in [1.29, 1.82) is 0 Å². The third-order valence-electron chi connectivity index (χ3n) is 5.04. The van der Waals surface area contributed by atoms with Crippen molar-refractivity contribution < 1.29 is 27.8 Å². The number of carbonyl (C=O) groups is 2. The lowest BCUT2D eigenvalue weighted by Crippen LogP contribution is -2.40. The third-order valence-corrected chi connectivity index (χ3v) is 6.11. The number of hydrogen-bond donors (Lipinski definition) is 1. The molecule has 0 saturated carbocycles. The average molecular weight is 461 g/mol. The Morgan fingerprint density at radius 2 is 1.97 bits per heavy atom. The van der Waals surface area contributed by atoms with Crippen molar-refractivity contribution in [3.8, 4) is 5.75 Å². The zero-order chi connectivity index (χ0) is 22.8. The van der Waals surface area contributed by atoms with Crippen molar-refractivity contribution >= 4 is 39.1 Å². The van der Waals surface area contributed by atoms with Gasteiger partial charge < -0.3 is 19.7 Å². The van der Waals surface area contributed by atoms with E-state index in [2.05, 4.69) is 15.0 Å². The molecule has 4 rings (SSSR count). The molecule has 2 aromatic heterocycles. The van der Waals surface area contributed by atoms with E-state index in [0.717, 1.165) is 11.3 Å². The van der Waals surface area contributed by atoms with Gasteiger partial charge in [-0.1, -0.05) is 6.07 Å². The van der Waals surface area contributed by atoms with Gasteiger partial charge in [0.2, 0.25) is 0 Å². The maximum Gasteiger partial charge on any atom is 0.387 e. The highest BCUT2D eigenvalue weighted by atomic mass is 32.1. The number of fused-ring (bicyclic) bond motifs is 1. The van der Waals surface area contributed by atoms with Crippen molar-refractivity contribution in [2.24, 2.45) is 0 Å². The number of ether oxygens (including phenoxy) is 2. The Bertz CT molecular complexity index is 1180. The number of anilines is 1. The molecule has 1 saturated heterocycles. The van der Waals surface area contributed by atoms with Crippen LogP contribution in [-0.2, 0) is 4.74 Å². The standard InChI is InChI=1S/C22H21F2N3O4S/c1-12-10-13(2)25-20-16(12)17(18(32-20)21(29)27-6-8-30-9-7-27)26-19(28)14-4-3-5-15(11-14)31-22(23)24/h3-5,10-11,22H,6-9H2,1-2H3,(H,26,28). The fraction of sp³-hybridized carbons (Fsp3) is 0.318. The van der Waals surface area contributed by atoms with Gasteiger partial charge in [0.05, 0.1) is 18.9 Å². The molecule has 0 radical (unpaired) electrons. The largest absolute Gasteiger partial charge is 0.435 e. The second kappa shape index (κ2) is 9.17. The summed E-state index contributed by atoms with van der Waals surface area (Å²) in [5.74, 6) is -0.875. The van der Waals surface area contributed by atoms with Crippen molar-refractivity contribution in [2.45, 2.75) is 20.5 Å². The number of morpholine rings is 1. The zero-order valence-corrected chi connectivity index (χ0v) is 18.3. The Labute approximate surface area is 186 Å². The Morgan fingerprint density at radius 3 is 2.69 bits per heavy atom. The average Bonchev–Trinajstić information content (AvgIpc) is 3.11. The highest BCUT2D eigenvalue weighted by Crippen LogP contribution is 2.38. The summed E-state index contributed by atoms with van der Waals surface area (Å²) in [6.45, 7) is 2.57. The highest BCUT2D eigenvalue weighted by Gasteiger charge is 2.27. The highest BCUT2D eigenvalue weighted by molar-refractivity contribution is 7.21. The van der Waals surface area contributed by atoms with Crippen LogP contribution >= 0.6 is 11.3 Å². The van der Waals surface area contributed by atoms with Gasteiger partial charge in [-0.25, -0.2) is 4.98 Å². The number of halogens is 2. The van der Waals surface area contributed by atoms with E-state index >= 15 is 0 Å². The first kappa shape index (κ1) is 22.1. The van der Waals surface area contributed by atoms with Crippen LogP contribution in [0.5, 0.6) is 5.75 Å². The molecule has 0 atom stereocenters. The quantitative estimate of drug-likeness (QED) is 0.615. The van der Waals surface area contributed by atoms with Crippen LogP contribution in [0, 0.1) is 13.8 Å². The van der Waals surface area contributed by atoms with Crippen LogP contribution in [0.2, 0.25) is 0 Å². The zero-order valence-electron chi connectivity index (χ0n) is 17.5. The van der Waals surface area contributed by atoms with Crippen LogP contribution in [0.1, 0.15) is 31.3 Å². The predicted octanol–water partition coefficient (Wildman–Crippen LogP) is 4.24. The molecule has 3 heterocycles. The smallest absolute Gasteiger partial charge is 0.387 e. The number of carbonyl (C=O) groups excluding carboxylic acids is 2. The van der Waals surface area contributed by atoms with E-state index < -0.39 is 12.5 Å². The summed E-state index contributed by atoms with van der Waals surface area (Å²) < 4.78 is 34.8. The van der Waals surface area contributed by atoms with Gasteiger partial charge in [0.1, 0.15) is 15.5 Å². The van der Waals surface area contributed by atoms with Gasteiger partial charge in [-0.3, -0.25) is 9.59 Å². The summed E-state index contributed by atoms with van der Waals surface area (Å²) in [4.78, 5) is 33.5. The summed E-state index contributed by atoms with van der Waals surface area (Å²) in [6, 6.07) is 7.39. The van der Waals surface area contributed by atoms with Gasteiger partial charge in [-0.2, -0.15) is 8.78 Å². The minimum Gasteiger partial charge on any atom is -0.435 e. The van der Waals surface area contributed by atoms with E-state index in [9.17, 15) is 18.4 Å². The van der Waals surface area contributed by atoms with Crippen LogP contribution < -0.4 is 10.1 Å². The molecule has 0 bridgehead atoms. The predicted molar refractivity (Wildman–Crippen MR) is 117 cm³/mol. The molecule has 0 aliphatic carbocycles. The number of benzene rings is 1. The molecule has 1 N–H and O–H groups in total. The second-order valence-electron chi connectivity index (χ2n) is 7.33. The topological polar surface area (TPSA) is 80.8 Å². The van der Waals surface area contributed by atoms with E-state index in [1.165, 1.54) is 35.6 Å². The molecule has 1 aromatic carbocycles. The number of aromatic nitrogens is 1. The first-order valence-electron chi connectivity index (χ1n) is 9.97. The number of nitrogens with one attached hydrogen (secondary N) is 1. The minimum atomic E-state index is -3.00. The molecule has 10 heteroatoms. The molecular weight excluding hydrogens is 440 g/mol. The van der Waals surface area contributed by atoms with E-state index in [0.29, 0.717) is 47.1 Å². The van der Waals surface area contributed by atoms with Crippen LogP contribution in [0.15, 0.2) is 30.3 Å². The lowest BCUT2D eigenvalue weighted by molar-refractivity contribution is -0.0498. The molecule has 32 heavy (non-hydrogen) atoms. The second-order valence-corrected chi connectivity index (χ2v) is 8.33. The summed E-state index contributed by atoms with van der Waals surface area (Å²) >= 11 is 1.22. The number of thiophene rings is 1. The summed E-state index contributed by atoms with van der Waals surface area (Å²) in [5, 5.41) is 3.51. The van der Waals surface area contributed by atoms with Crippen molar-refractivity contribution in [1.82, 2.24) is 9.88 Å². The number of nitrogens with zero attached hydrogens (tertiary/aromatic N) is 2. The Kier molecular flexibility index (Phi) is 6.33. The molecule has 1 fully saturated rings. The monoisotopic (exact) mass is 461 g/mol. The Morgan fingerprint density at radius 1 is 1.22 bits per heavy atom.